The summed E-state index contributed by atoms with van der Waals surface area (Å²) in [5, 5.41) is 24.2. The third kappa shape index (κ3) is 7.75. The van der Waals surface area contributed by atoms with Crippen molar-refractivity contribution in [3.05, 3.63) is 53.7 Å². The van der Waals surface area contributed by atoms with Crippen LogP contribution in [0, 0.1) is 5.41 Å². The van der Waals surface area contributed by atoms with E-state index in [0.717, 1.165) is 18.4 Å². The number of anilines is 1. The second-order valence-electron chi connectivity index (χ2n) is 8.90. The number of nitrogens with one attached hydrogen (secondary N) is 3. The Balaban J connectivity index is 2.41. The van der Waals surface area contributed by atoms with Gasteiger partial charge in [-0.05, 0) is 51.7 Å². The van der Waals surface area contributed by atoms with Gasteiger partial charge in [-0.3, -0.25) is 10.7 Å². The van der Waals surface area contributed by atoms with E-state index in [4.69, 9.17) is 14.9 Å². The van der Waals surface area contributed by atoms with Crippen LogP contribution in [0.15, 0.2) is 42.6 Å². The number of nitrogens with zero attached hydrogens (tertiary/aromatic N) is 1. The van der Waals surface area contributed by atoms with Gasteiger partial charge < -0.3 is 19.9 Å². The highest BCUT2D eigenvalue weighted by atomic mass is 16.6. The normalized spacial score (nSPS) is 11.6. The van der Waals surface area contributed by atoms with Crippen molar-refractivity contribution in [1.29, 1.82) is 5.41 Å². The van der Waals surface area contributed by atoms with Crippen molar-refractivity contribution in [2.75, 3.05) is 11.9 Å². The molecule has 0 spiro atoms. The lowest BCUT2D eigenvalue weighted by Crippen LogP contribution is -2.40. The predicted molar refractivity (Wildman–Crippen MR) is 130 cm³/mol. The summed E-state index contributed by atoms with van der Waals surface area (Å²) in [4.78, 5) is 16.7. The first-order chi connectivity index (χ1) is 15.6. The van der Waals surface area contributed by atoms with Crippen molar-refractivity contribution in [3.63, 3.8) is 0 Å². The second kappa shape index (κ2) is 11.7. The zero-order valence-electron chi connectivity index (χ0n) is 20.2. The van der Waals surface area contributed by atoms with E-state index in [2.05, 4.69) is 15.6 Å². The van der Waals surface area contributed by atoms with Gasteiger partial charge >= 0.3 is 6.09 Å². The number of hydrogen-bond acceptors (Lipinski definition) is 7. The lowest BCUT2D eigenvalue weighted by molar-refractivity contribution is 0.0563. The molecule has 0 radical (unpaired) electrons. The van der Waals surface area contributed by atoms with Crippen LogP contribution in [0.25, 0.3) is 0 Å². The molecule has 1 aromatic carbocycles. The molecule has 180 valence electrons. The zero-order chi connectivity index (χ0) is 24.5. The molecule has 0 aliphatic carbocycles. The Kier molecular flexibility index (Phi) is 9.22. The third-order valence-corrected chi connectivity index (χ3v) is 5.35. The van der Waals surface area contributed by atoms with Crippen LogP contribution in [0.3, 0.4) is 0 Å². The van der Waals surface area contributed by atoms with Crippen molar-refractivity contribution in [2.45, 2.75) is 71.6 Å². The molecule has 2 rings (SSSR count). The summed E-state index contributed by atoms with van der Waals surface area (Å²) < 4.78 is 11.3. The lowest BCUT2D eigenvalue weighted by Gasteiger charge is -2.34. The van der Waals surface area contributed by atoms with E-state index in [1.54, 1.807) is 33.0 Å². The van der Waals surface area contributed by atoms with Gasteiger partial charge in [0, 0.05) is 18.3 Å². The SMILES string of the molecule is CCC(CC)(CCO)Nc1ccnc(OCc2ccccc2)c1C(=N)NC(=O)OC(C)(C)C. The molecule has 2 aromatic rings. The Morgan fingerprint density at radius 3 is 2.36 bits per heavy atom. The molecule has 0 saturated carbocycles. The second-order valence-corrected chi connectivity index (χ2v) is 8.90. The van der Waals surface area contributed by atoms with Gasteiger partial charge in [-0.2, -0.15) is 0 Å². The molecule has 1 heterocycles. The smallest absolute Gasteiger partial charge is 0.413 e. The number of carbonyl (C=O) groups excluding carboxylic acids is 1. The monoisotopic (exact) mass is 456 g/mol. The van der Waals surface area contributed by atoms with Crippen LogP contribution in [0.2, 0.25) is 0 Å². The van der Waals surface area contributed by atoms with Crippen molar-refractivity contribution in [2.24, 2.45) is 0 Å². The first-order valence-corrected chi connectivity index (χ1v) is 11.3. The average molecular weight is 457 g/mol. The topological polar surface area (TPSA) is 117 Å². The summed E-state index contributed by atoms with van der Waals surface area (Å²) in [7, 11) is 0. The van der Waals surface area contributed by atoms with Crippen molar-refractivity contribution in [3.8, 4) is 5.88 Å². The van der Waals surface area contributed by atoms with Crippen LogP contribution in [0.1, 0.15) is 65.0 Å². The molecule has 0 bridgehead atoms. The average Bonchev–Trinajstić information content (AvgIpc) is 2.76. The van der Waals surface area contributed by atoms with E-state index in [-0.39, 0.29) is 30.5 Å². The minimum absolute atomic E-state index is 0.0278. The van der Waals surface area contributed by atoms with Crippen LogP contribution >= 0.6 is 0 Å². The number of benzene rings is 1. The van der Waals surface area contributed by atoms with Gasteiger partial charge in [-0.15, -0.1) is 0 Å². The maximum atomic E-state index is 12.4. The molecule has 1 aromatic heterocycles. The standard InChI is InChI=1S/C25H36N4O4/c1-6-25(7-2,14-16-30)29-19-13-15-27-22(32-17-18-11-9-8-10-12-18)20(19)21(26)28-23(31)33-24(3,4)5/h8-13,15,30H,6-7,14,16-17H2,1-5H3,(H,27,29)(H2,26,28,31). The fourth-order valence-corrected chi connectivity index (χ4v) is 3.43. The number of amides is 1. The van der Waals surface area contributed by atoms with Gasteiger partial charge in [0.1, 0.15) is 23.6 Å². The Hall–Kier alpha value is -3.13. The summed E-state index contributed by atoms with van der Waals surface area (Å²) in [6.07, 6.45) is 2.93. The number of rotatable bonds is 10. The Bertz CT molecular complexity index is 922. The van der Waals surface area contributed by atoms with Crippen LogP contribution in [-0.4, -0.2) is 39.8 Å². The first kappa shape index (κ1) is 26.1. The molecular formula is C25H36N4O4. The number of pyridine rings is 1. The molecule has 0 atom stereocenters. The van der Waals surface area contributed by atoms with Crippen molar-refractivity contribution in [1.82, 2.24) is 10.3 Å². The number of aliphatic hydroxyl groups is 1. The zero-order valence-corrected chi connectivity index (χ0v) is 20.2. The summed E-state index contributed by atoms with van der Waals surface area (Å²) in [5.74, 6) is 0.0306. The van der Waals surface area contributed by atoms with Gasteiger partial charge in [-0.25, -0.2) is 9.78 Å². The fourth-order valence-electron chi connectivity index (χ4n) is 3.43. The Morgan fingerprint density at radius 1 is 1.12 bits per heavy atom. The van der Waals surface area contributed by atoms with Crippen LogP contribution in [-0.2, 0) is 11.3 Å². The van der Waals surface area contributed by atoms with Gasteiger partial charge in [0.25, 0.3) is 0 Å². The van der Waals surface area contributed by atoms with E-state index >= 15 is 0 Å². The molecule has 0 aliphatic rings. The molecule has 4 N–H and O–H groups in total. The fraction of sp³-hybridized carbons (Fsp3) is 0.480. The van der Waals surface area contributed by atoms with Crippen molar-refractivity contribution >= 4 is 17.6 Å². The number of amidine groups is 1. The summed E-state index contributed by atoms with van der Waals surface area (Å²) >= 11 is 0. The third-order valence-electron chi connectivity index (χ3n) is 5.35. The van der Waals surface area contributed by atoms with Gasteiger partial charge in [0.05, 0.1) is 5.69 Å². The molecule has 1 amide bonds. The van der Waals surface area contributed by atoms with Crippen LogP contribution < -0.4 is 15.4 Å². The van der Waals surface area contributed by atoms with Gasteiger partial charge in [0.15, 0.2) is 0 Å². The molecule has 0 fully saturated rings. The molecule has 0 saturated heterocycles. The van der Waals surface area contributed by atoms with Crippen molar-refractivity contribution < 1.29 is 19.4 Å². The molecule has 0 aliphatic heterocycles. The first-order valence-electron chi connectivity index (χ1n) is 11.3. The van der Waals surface area contributed by atoms with E-state index in [9.17, 15) is 9.90 Å². The highest BCUT2D eigenvalue weighted by Crippen LogP contribution is 2.31. The minimum atomic E-state index is -0.732. The van der Waals surface area contributed by atoms with Gasteiger partial charge in [-0.1, -0.05) is 44.2 Å². The maximum absolute atomic E-state index is 12.4. The summed E-state index contributed by atoms with van der Waals surface area (Å²) in [6, 6.07) is 11.4. The molecule has 0 unspecified atom stereocenters. The van der Waals surface area contributed by atoms with E-state index in [1.807, 2.05) is 44.2 Å². The highest BCUT2D eigenvalue weighted by molar-refractivity contribution is 6.09. The quantitative estimate of drug-likeness (QED) is 0.300. The highest BCUT2D eigenvalue weighted by Gasteiger charge is 2.29. The number of alkyl carbamates (subject to hydrolysis) is 1. The molecule has 8 nitrogen and oxygen atoms in total. The predicted octanol–water partition coefficient (Wildman–Crippen LogP) is 4.86. The largest absolute Gasteiger partial charge is 0.472 e. The number of hydrogen-bond donors (Lipinski definition) is 4. The van der Waals surface area contributed by atoms with E-state index < -0.39 is 11.7 Å². The Labute approximate surface area is 196 Å². The number of carbonyl (C=O) groups is 1. The van der Waals surface area contributed by atoms with E-state index in [0.29, 0.717) is 17.7 Å². The van der Waals surface area contributed by atoms with Gasteiger partial charge in [0.2, 0.25) is 5.88 Å². The summed E-state index contributed by atoms with van der Waals surface area (Å²) in [5.41, 5.74) is 0.781. The maximum Gasteiger partial charge on any atom is 0.413 e. The van der Waals surface area contributed by atoms with Crippen LogP contribution in [0.5, 0.6) is 5.88 Å². The van der Waals surface area contributed by atoms with Crippen LogP contribution in [0.4, 0.5) is 10.5 Å². The summed E-state index contributed by atoms with van der Waals surface area (Å²) in [6.45, 7) is 9.65. The Morgan fingerprint density at radius 2 is 1.79 bits per heavy atom. The number of aliphatic hydroxyl groups excluding tert-OH is 1. The number of aromatic nitrogens is 1. The molecule has 33 heavy (non-hydrogen) atoms. The molecule has 8 heteroatoms. The molecular weight excluding hydrogens is 420 g/mol. The van der Waals surface area contributed by atoms with E-state index in [1.165, 1.54) is 0 Å². The minimum Gasteiger partial charge on any atom is -0.472 e. The lowest BCUT2D eigenvalue weighted by atomic mass is 9.88. The number of ether oxygens (including phenoxy) is 2.